The molecule has 5 heteroatoms. The quantitative estimate of drug-likeness (QED) is 0.725. The van der Waals surface area contributed by atoms with E-state index in [0.29, 0.717) is 26.1 Å². The molecule has 2 atom stereocenters. The third kappa shape index (κ3) is 3.81. The number of amides is 1. The van der Waals surface area contributed by atoms with Gasteiger partial charge in [-0.05, 0) is 18.8 Å². The Balaban J connectivity index is 2.47. The monoisotopic (exact) mass is 229 g/mol. The van der Waals surface area contributed by atoms with Gasteiger partial charge in [-0.1, -0.05) is 13.8 Å². The molecule has 1 fully saturated rings. The fourth-order valence-electron chi connectivity index (χ4n) is 1.72. The normalized spacial score (nSPS) is 22.1. The number of rotatable bonds is 5. The molecule has 0 saturated carbocycles. The molecule has 0 radical (unpaired) electrons. The van der Waals surface area contributed by atoms with Crippen LogP contribution >= 0.6 is 0 Å². The smallest absolute Gasteiger partial charge is 0.326 e. The predicted molar refractivity (Wildman–Crippen MR) is 57.9 cm³/mol. The average Bonchev–Trinajstić information content (AvgIpc) is 2.68. The summed E-state index contributed by atoms with van der Waals surface area (Å²) >= 11 is 0. The molecule has 1 aliphatic heterocycles. The van der Waals surface area contributed by atoms with Crippen molar-refractivity contribution in [3.05, 3.63) is 0 Å². The topological polar surface area (TPSA) is 75.6 Å². The van der Waals surface area contributed by atoms with E-state index in [1.807, 2.05) is 13.8 Å². The molecule has 0 aromatic carbocycles. The Labute approximate surface area is 95.2 Å². The van der Waals surface area contributed by atoms with Gasteiger partial charge in [-0.15, -0.1) is 0 Å². The molecule has 92 valence electrons. The molecule has 0 unspecified atom stereocenters. The third-order valence-electron chi connectivity index (χ3n) is 2.62. The van der Waals surface area contributed by atoms with Crippen LogP contribution in [0, 0.1) is 11.8 Å². The largest absolute Gasteiger partial charge is 0.480 e. The van der Waals surface area contributed by atoms with Crippen molar-refractivity contribution < 1.29 is 19.4 Å². The lowest BCUT2D eigenvalue weighted by Crippen LogP contribution is -2.44. The van der Waals surface area contributed by atoms with Crippen molar-refractivity contribution in [2.45, 2.75) is 32.7 Å². The van der Waals surface area contributed by atoms with Crippen LogP contribution in [0.4, 0.5) is 0 Å². The van der Waals surface area contributed by atoms with E-state index >= 15 is 0 Å². The molecule has 0 aromatic rings. The first-order valence-electron chi connectivity index (χ1n) is 5.61. The van der Waals surface area contributed by atoms with Crippen molar-refractivity contribution in [2.24, 2.45) is 11.8 Å². The van der Waals surface area contributed by atoms with Gasteiger partial charge in [0, 0.05) is 6.61 Å². The Morgan fingerprint density at radius 2 is 2.19 bits per heavy atom. The Kier molecular flexibility index (Phi) is 4.73. The number of hydrogen-bond acceptors (Lipinski definition) is 3. The van der Waals surface area contributed by atoms with Crippen LogP contribution in [0.25, 0.3) is 0 Å². The van der Waals surface area contributed by atoms with Crippen LogP contribution in [0.5, 0.6) is 0 Å². The van der Waals surface area contributed by atoms with Crippen molar-refractivity contribution in [3.63, 3.8) is 0 Å². The Morgan fingerprint density at radius 3 is 2.62 bits per heavy atom. The zero-order chi connectivity index (χ0) is 12.1. The number of hydrogen-bond donors (Lipinski definition) is 2. The average molecular weight is 229 g/mol. The summed E-state index contributed by atoms with van der Waals surface area (Å²) in [6.07, 6.45) is 1.13. The molecule has 1 heterocycles. The second-order valence-electron chi connectivity index (χ2n) is 4.59. The van der Waals surface area contributed by atoms with E-state index < -0.39 is 12.0 Å². The minimum Gasteiger partial charge on any atom is -0.480 e. The molecule has 1 saturated heterocycles. The lowest BCUT2D eigenvalue weighted by atomic mass is 10.0. The first-order chi connectivity index (χ1) is 7.50. The van der Waals surface area contributed by atoms with E-state index in [9.17, 15) is 9.59 Å². The Morgan fingerprint density at radius 1 is 1.50 bits per heavy atom. The van der Waals surface area contributed by atoms with E-state index in [1.165, 1.54) is 0 Å². The predicted octanol–water partition coefficient (Wildman–Crippen LogP) is 0.638. The van der Waals surface area contributed by atoms with E-state index in [-0.39, 0.29) is 17.7 Å². The van der Waals surface area contributed by atoms with Crippen LogP contribution < -0.4 is 5.32 Å². The van der Waals surface area contributed by atoms with Crippen LogP contribution in [0.2, 0.25) is 0 Å². The highest BCUT2D eigenvalue weighted by atomic mass is 16.5. The minimum absolute atomic E-state index is 0.186. The first-order valence-corrected chi connectivity index (χ1v) is 5.61. The SMILES string of the molecule is CC(C)C[C@@H](NC(=O)[C@@H]1CCOC1)C(=O)O. The molecule has 1 amide bonds. The van der Waals surface area contributed by atoms with Gasteiger partial charge in [0.15, 0.2) is 0 Å². The number of nitrogens with one attached hydrogen (secondary N) is 1. The van der Waals surface area contributed by atoms with E-state index in [2.05, 4.69) is 5.32 Å². The summed E-state index contributed by atoms with van der Waals surface area (Å²) in [5, 5.41) is 11.5. The summed E-state index contributed by atoms with van der Waals surface area (Å²) in [4.78, 5) is 22.6. The van der Waals surface area contributed by atoms with Crippen LogP contribution in [0.3, 0.4) is 0 Å². The maximum atomic E-state index is 11.7. The third-order valence-corrected chi connectivity index (χ3v) is 2.62. The summed E-state index contributed by atoms with van der Waals surface area (Å²) in [6.45, 7) is 4.85. The number of carbonyl (C=O) groups is 2. The van der Waals surface area contributed by atoms with Gasteiger partial charge in [0.2, 0.25) is 5.91 Å². The van der Waals surface area contributed by atoms with Crippen LogP contribution in [-0.2, 0) is 14.3 Å². The second kappa shape index (κ2) is 5.84. The van der Waals surface area contributed by atoms with Gasteiger partial charge in [0.1, 0.15) is 6.04 Å². The number of aliphatic carboxylic acids is 1. The molecule has 0 aliphatic carbocycles. The van der Waals surface area contributed by atoms with Crippen molar-refractivity contribution in [1.82, 2.24) is 5.32 Å². The first kappa shape index (κ1) is 13.0. The molecule has 1 rings (SSSR count). The van der Waals surface area contributed by atoms with Gasteiger partial charge in [0.25, 0.3) is 0 Å². The maximum Gasteiger partial charge on any atom is 0.326 e. The maximum absolute atomic E-state index is 11.7. The molecular formula is C11H19NO4. The van der Waals surface area contributed by atoms with E-state index in [1.54, 1.807) is 0 Å². The molecule has 0 aromatic heterocycles. The second-order valence-corrected chi connectivity index (χ2v) is 4.59. The van der Waals surface area contributed by atoms with E-state index in [0.717, 1.165) is 0 Å². The van der Waals surface area contributed by atoms with Crippen molar-refractivity contribution >= 4 is 11.9 Å². The summed E-state index contributed by atoms with van der Waals surface area (Å²) in [5.41, 5.74) is 0. The van der Waals surface area contributed by atoms with Gasteiger partial charge in [-0.3, -0.25) is 4.79 Å². The molecule has 0 bridgehead atoms. The summed E-state index contributed by atoms with van der Waals surface area (Å²) in [7, 11) is 0. The minimum atomic E-state index is -0.971. The molecule has 1 aliphatic rings. The molecule has 5 nitrogen and oxygen atoms in total. The Bertz CT molecular complexity index is 259. The highest BCUT2D eigenvalue weighted by Gasteiger charge is 2.28. The summed E-state index contributed by atoms with van der Waals surface area (Å²) in [5.74, 6) is -1.12. The molecular weight excluding hydrogens is 210 g/mol. The van der Waals surface area contributed by atoms with Gasteiger partial charge in [0.05, 0.1) is 12.5 Å². The summed E-state index contributed by atoms with van der Waals surface area (Å²) in [6, 6.07) is -0.784. The molecule has 2 N–H and O–H groups in total. The molecule has 0 spiro atoms. The number of ether oxygens (including phenoxy) is 1. The van der Waals surface area contributed by atoms with Gasteiger partial charge >= 0.3 is 5.97 Å². The van der Waals surface area contributed by atoms with Gasteiger partial charge in [-0.25, -0.2) is 4.79 Å². The number of carbonyl (C=O) groups excluding carboxylic acids is 1. The highest BCUT2D eigenvalue weighted by molar-refractivity contribution is 5.85. The number of carboxylic acids is 1. The fraction of sp³-hybridized carbons (Fsp3) is 0.818. The van der Waals surface area contributed by atoms with Crippen LogP contribution in [0.1, 0.15) is 26.7 Å². The zero-order valence-corrected chi connectivity index (χ0v) is 9.73. The molecule has 16 heavy (non-hydrogen) atoms. The zero-order valence-electron chi connectivity index (χ0n) is 9.73. The van der Waals surface area contributed by atoms with Gasteiger partial charge in [-0.2, -0.15) is 0 Å². The lowest BCUT2D eigenvalue weighted by molar-refractivity contribution is -0.143. The van der Waals surface area contributed by atoms with Crippen LogP contribution in [0.15, 0.2) is 0 Å². The summed E-state index contributed by atoms with van der Waals surface area (Å²) < 4.78 is 5.09. The Hall–Kier alpha value is -1.10. The van der Waals surface area contributed by atoms with E-state index in [4.69, 9.17) is 9.84 Å². The highest BCUT2D eigenvalue weighted by Crippen LogP contribution is 2.13. The standard InChI is InChI=1S/C11H19NO4/c1-7(2)5-9(11(14)15)12-10(13)8-3-4-16-6-8/h7-9H,3-6H2,1-2H3,(H,12,13)(H,14,15)/t8-,9-/m1/s1. The number of carboxylic acid groups (broad SMARTS) is 1. The van der Waals surface area contributed by atoms with Gasteiger partial charge < -0.3 is 15.2 Å². The lowest BCUT2D eigenvalue weighted by Gasteiger charge is -2.18. The van der Waals surface area contributed by atoms with Crippen LogP contribution in [-0.4, -0.2) is 36.2 Å². The fourth-order valence-corrected chi connectivity index (χ4v) is 1.72. The van der Waals surface area contributed by atoms with Crippen molar-refractivity contribution in [1.29, 1.82) is 0 Å². The van der Waals surface area contributed by atoms with Crippen molar-refractivity contribution in [3.8, 4) is 0 Å². The van der Waals surface area contributed by atoms with Crippen molar-refractivity contribution in [2.75, 3.05) is 13.2 Å².